The number of nitrogens with zero attached hydrogens (tertiary/aromatic N) is 1. The molecule has 0 spiro atoms. The van der Waals surface area contributed by atoms with Crippen molar-refractivity contribution in [2.75, 3.05) is 14.2 Å². The van der Waals surface area contributed by atoms with Crippen molar-refractivity contribution in [1.82, 2.24) is 10.6 Å². The summed E-state index contributed by atoms with van der Waals surface area (Å²) in [7, 11) is 3.48. The van der Waals surface area contributed by atoms with E-state index in [0.29, 0.717) is 19.7 Å². The van der Waals surface area contributed by atoms with Crippen LogP contribution in [0.2, 0.25) is 0 Å². The number of rotatable bonds is 7. The number of aliphatic imine (C=N–C) groups is 1. The van der Waals surface area contributed by atoms with Crippen LogP contribution in [0, 0.1) is 0 Å². The molecule has 2 rings (SSSR count). The third-order valence-corrected chi connectivity index (χ3v) is 3.92. The van der Waals surface area contributed by atoms with Crippen molar-refractivity contribution in [3.8, 4) is 5.75 Å². The number of para-hydroxylation sites is 1. The van der Waals surface area contributed by atoms with Crippen LogP contribution in [-0.4, -0.2) is 25.7 Å². The monoisotopic (exact) mass is 497 g/mol. The number of halogens is 1. The normalized spacial score (nSPS) is 11.5. The lowest BCUT2D eigenvalue weighted by Gasteiger charge is -2.23. The lowest BCUT2D eigenvalue weighted by Crippen LogP contribution is -2.36. The molecule has 0 radical (unpaired) electrons. The molecule has 0 saturated heterocycles. The molecule has 0 aliphatic carbocycles. The fourth-order valence-corrected chi connectivity index (χ4v) is 2.68. The zero-order valence-corrected chi connectivity index (χ0v) is 19.7. The highest BCUT2D eigenvalue weighted by Crippen LogP contribution is 2.22. The lowest BCUT2D eigenvalue weighted by molar-refractivity contribution is 0.129. The maximum Gasteiger partial charge on any atom is 0.191 e. The molecule has 0 saturated carbocycles. The van der Waals surface area contributed by atoms with E-state index in [0.717, 1.165) is 17.3 Å². The van der Waals surface area contributed by atoms with E-state index in [-0.39, 0.29) is 29.6 Å². The second kappa shape index (κ2) is 11.9. The van der Waals surface area contributed by atoms with Gasteiger partial charge >= 0.3 is 0 Å². The van der Waals surface area contributed by atoms with Crippen LogP contribution in [0.1, 0.15) is 37.5 Å². The molecule has 0 aliphatic heterocycles. The van der Waals surface area contributed by atoms with Gasteiger partial charge in [-0.2, -0.15) is 0 Å². The molecule has 0 heterocycles. The summed E-state index contributed by atoms with van der Waals surface area (Å²) in [5.41, 5.74) is 3.22. The van der Waals surface area contributed by atoms with Crippen LogP contribution in [0.25, 0.3) is 0 Å². The molecule has 2 aromatic rings. The number of hydrogen-bond donors (Lipinski definition) is 2. The molecule has 0 aromatic heterocycles. The molecule has 0 bridgehead atoms. The summed E-state index contributed by atoms with van der Waals surface area (Å²) in [6, 6.07) is 16.3. The fraction of sp³-hybridized carbons (Fsp3) is 0.409. The molecule has 28 heavy (non-hydrogen) atoms. The molecule has 154 valence electrons. The highest BCUT2D eigenvalue weighted by atomic mass is 127. The van der Waals surface area contributed by atoms with Gasteiger partial charge in [0, 0.05) is 32.8 Å². The second-order valence-corrected chi connectivity index (χ2v) is 7.30. The Morgan fingerprint density at radius 2 is 1.43 bits per heavy atom. The van der Waals surface area contributed by atoms with Crippen LogP contribution in [0.15, 0.2) is 53.5 Å². The molecule has 5 nitrogen and oxygen atoms in total. The number of benzene rings is 2. The van der Waals surface area contributed by atoms with Gasteiger partial charge in [0.25, 0.3) is 0 Å². The van der Waals surface area contributed by atoms with E-state index in [9.17, 15) is 0 Å². The van der Waals surface area contributed by atoms with Crippen LogP contribution in [0.3, 0.4) is 0 Å². The predicted molar refractivity (Wildman–Crippen MR) is 126 cm³/mol. The number of guanidine groups is 1. The van der Waals surface area contributed by atoms with Crippen molar-refractivity contribution in [2.45, 2.75) is 46.1 Å². The molecule has 2 N–H and O–H groups in total. The topological polar surface area (TPSA) is 54.9 Å². The third kappa shape index (κ3) is 8.06. The highest BCUT2D eigenvalue weighted by molar-refractivity contribution is 14.0. The standard InChI is InChI=1S/C22H31N3O2.HI/c1-22(2,3)27-20-13-9-8-11-18(20)15-25-21(23-4)24-14-17-10-6-7-12-19(17)16-26-5;/h6-13H,14-16H2,1-5H3,(H2,23,24,25);1H. The largest absolute Gasteiger partial charge is 0.488 e. The van der Waals surface area contributed by atoms with E-state index in [1.165, 1.54) is 11.1 Å². The molecule has 0 unspecified atom stereocenters. The van der Waals surface area contributed by atoms with Gasteiger partial charge in [-0.15, -0.1) is 24.0 Å². The average molecular weight is 497 g/mol. The van der Waals surface area contributed by atoms with Gasteiger partial charge < -0.3 is 20.1 Å². The van der Waals surface area contributed by atoms with Crippen LogP contribution in [0.5, 0.6) is 5.75 Å². The van der Waals surface area contributed by atoms with Gasteiger partial charge in [-0.25, -0.2) is 0 Å². The van der Waals surface area contributed by atoms with Gasteiger partial charge in [0.15, 0.2) is 5.96 Å². The van der Waals surface area contributed by atoms with Crippen LogP contribution < -0.4 is 15.4 Å². The fourth-order valence-electron chi connectivity index (χ4n) is 2.68. The van der Waals surface area contributed by atoms with Crippen molar-refractivity contribution in [3.63, 3.8) is 0 Å². The summed E-state index contributed by atoms with van der Waals surface area (Å²) in [6.45, 7) is 8.06. The molecular weight excluding hydrogens is 465 g/mol. The number of nitrogens with one attached hydrogen (secondary N) is 2. The Bertz CT molecular complexity index is 757. The summed E-state index contributed by atoms with van der Waals surface area (Å²) in [6.07, 6.45) is 0. The van der Waals surface area contributed by atoms with Crippen molar-refractivity contribution in [3.05, 3.63) is 65.2 Å². The third-order valence-electron chi connectivity index (χ3n) is 3.92. The Hall–Kier alpha value is -1.80. The lowest BCUT2D eigenvalue weighted by atomic mass is 10.1. The predicted octanol–water partition coefficient (Wildman–Crippen LogP) is 4.49. The summed E-state index contributed by atoms with van der Waals surface area (Å²) >= 11 is 0. The average Bonchev–Trinajstić information content (AvgIpc) is 2.63. The summed E-state index contributed by atoms with van der Waals surface area (Å²) in [5, 5.41) is 6.73. The highest BCUT2D eigenvalue weighted by Gasteiger charge is 2.14. The van der Waals surface area contributed by atoms with Gasteiger partial charge in [0.2, 0.25) is 0 Å². The van der Waals surface area contributed by atoms with Crippen molar-refractivity contribution >= 4 is 29.9 Å². The van der Waals surface area contributed by atoms with Crippen molar-refractivity contribution < 1.29 is 9.47 Å². The molecule has 0 aliphatic rings. The number of hydrogen-bond acceptors (Lipinski definition) is 3. The first kappa shape index (κ1) is 24.2. The van der Waals surface area contributed by atoms with E-state index < -0.39 is 0 Å². The van der Waals surface area contributed by atoms with E-state index >= 15 is 0 Å². The van der Waals surface area contributed by atoms with Gasteiger partial charge in [0.1, 0.15) is 11.4 Å². The van der Waals surface area contributed by atoms with Gasteiger partial charge in [0.05, 0.1) is 6.61 Å². The smallest absolute Gasteiger partial charge is 0.191 e. The summed E-state index contributed by atoms with van der Waals surface area (Å²) in [4.78, 5) is 4.32. The molecular formula is C22H32IN3O2. The zero-order valence-electron chi connectivity index (χ0n) is 17.4. The minimum absolute atomic E-state index is 0. The van der Waals surface area contributed by atoms with Gasteiger partial charge in [-0.3, -0.25) is 4.99 Å². The Morgan fingerprint density at radius 1 is 0.893 bits per heavy atom. The Labute approximate surface area is 186 Å². The van der Waals surface area contributed by atoms with Crippen LogP contribution in [-0.2, 0) is 24.4 Å². The number of ether oxygens (including phenoxy) is 2. The quantitative estimate of drug-likeness (QED) is 0.336. The summed E-state index contributed by atoms with van der Waals surface area (Å²) in [5.74, 6) is 1.63. The molecule has 0 atom stereocenters. The van der Waals surface area contributed by atoms with E-state index in [1.807, 2.05) is 30.3 Å². The maximum atomic E-state index is 6.06. The Kier molecular flexibility index (Phi) is 10.3. The van der Waals surface area contributed by atoms with Crippen LogP contribution in [0.4, 0.5) is 0 Å². The van der Waals surface area contributed by atoms with E-state index in [2.05, 4.69) is 54.6 Å². The minimum atomic E-state index is -0.235. The first-order valence-electron chi connectivity index (χ1n) is 9.20. The zero-order chi connectivity index (χ0) is 19.7. The number of methoxy groups -OCH3 is 1. The molecule has 2 aromatic carbocycles. The molecule has 6 heteroatoms. The Balaban J connectivity index is 0.00000392. The minimum Gasteiger partial charge on any atom is -0.488 e. The van der Waals surface area contributed by atoms with Crippen molar-refractivity contribution in [2.24, 2.45) is 4.99 Å². The first-order valence-corrected chi connectivity index (χ1v) is 9.20. The first-order chi connectivity index (χ1) is 12.9. The van der Waals surface area contributed by atoms with Gasteiger partial charge in [-0.05, 0) is 38.0 Å². The van der Waals surface area contributed by atoms with Crippen molar-refractivity contribution in [1.29, 1.82) is 0 Å². The van der Waals surface area contributed by atoms with Gasteiger partial charge in [-0.1, -0.05) is 42.5 Å². The Morgan fingerprint density at radius 3 is 2.00 bits per heavy atom. The SMILES string of the molecule is CN=C(NCc1ccccc1COC)NCc1ccccc1OC(C)(C)C.I. The maximum absolute atomic E-state index is 6.06. The molecule has 0 fully saturated rings. The van der Waals surface area contributed by atoms with E-state index in [1.54, 1.807) is 14.2 Å². The molecule has 0 amide bonds. The van der Waals surface area contributed by atoms with Crippen LogP contribution >= 0.6 is 24.0 Å². The second-order valence-electron chi connectivity index (χ2n) is 7.30. The van der Waals surface area contributed by atoms with E-state index in [4.69, 9.17) is 9.47 Å². The summed E-state index contributed by atoms with van der Waals surface area (Å²) < 4.78 is 11.3.